The molecule has 0 saturated heterocycles. The molecular formula is C46H82O2. The second kappa shape index (κ2) is 20.3. The van der Waals surface area contributed by atoms with Crippen molar-refractivity contribution in [1.82, 2.24) is 0 Å². The van der Waals surface area contributed by atoms with E-state index in [9.17, 15) is 4.79 Å². The summed E-state index contributed by atoms with van der Waals surface area (Å²) in [6, 6.07) is 0. The summed E-state index contributed by atoms with van der Waals surface area (Å²) in [6.07, 6.45) is 39.8. The minimum absolute atomic E-state index is 0.0247. The third-order valence-electron chi connectivity index (χ3n) is 15.5. The second-order valence-corrected chi connectivity index (χ2v) is 18.7. The number of hydrogen-bond acceptors (Lipinski definition) is 2. The van der Waals surface area contributed by atoms with Crippen LogP contribution in [0.2, 0.25) is 0 Å². The van der Waals surface area contributed by atoms with Crippen LogP contribution in [0, 0.1) is 58.2 Å². The third kappa shape index (κ3) is 10.9. The molecule has 0 aromatic heterocycles. The van der Waals surface area contributed by atoms with Gasteiger partial charge >= 0.3 is 5.97 Å². The highest BCUT2D eigenvalue weighted by atomic mass is 16.5. The molecule has 0 amide bonds. The molecule has 0 aromatic rings. The van der Waals surface area contributed by atoms with Gasteiger partial charge in [0.05, 0.1) is 6.61 Å². The molecular weight excluding hydrogens is 585 g/mol. The lowest BCUT2D eigenvalue weighted by Gasteiger charge is -2.61. The van der Waals surface area contributed by atoms with Crippen LogP contribution in [0.25, 0.3) is 0 Å². The Morgan fingerprint density at radius 3 is 2.08 bits per heavy atom. The number of esters is 1. The molecule has 0 bridgehead atoms. The molecule has 48 heavy (non-hydrogen) atoms. The minimum atomic E-state index is 0.0247. The first-order valence-electron chi connectivity index (χ1n) is 22.0. The van der Waals surface area contributed by atoms with E-state index in [1.165, 1.54) is 148 Å². The maximum atomic E-state index is 12.5. The molecule has 0 N–H and O–H groups in total. The standard InChI is InChI=1S/C46H82O2/c1-7-8-9-10-11-12-13-14-15-16-17-18-19-20-21-25-44(47)48-35-38(4)36(2)26-27-37(3)41-30-31-42-40-29-28-39-24-22-23-33-45(39,5)43(40)32-34-46(41,42)6/h14-15,36-43H,7-13,16-35H2,1-6H3/b15-14-/t36?,37?,38?,39?,40-,41+,42-,43-,45-,46+/m0/s1. The second-order valence-electron chi connectivity index (χ2n) is 18.7. The molecule has 4 saturated carbocycles. The van der Waals surface area contributed by atoms with E-state index in [4.69, 9.17) is 4.74 Å². The summed E-state index contributed by atoms with van der Waals surface area (Å²) in [5.74, 6) is 6.86. The molecule has 0 aromatic carbocycles. The van der Waals surface area contributed by atoms with E-state index in [0.717, 1.165) is 48.3 Å². The van der Waals surface area contributed by atoms with Crippen LogP contribution in [0.4, 0.5) is 0 Å². The predicted molar refractivity (Wildman–Crippen MR) is 207 cm³/mol. The molecule has 0 radical (unpaired) electrons. The normalized spacial score (nSPS) is 33.5. The van der Waals surface area contributed by atoms with Crippen molar-refractivity contribution in [3.8, 4) is 0 Å². The van der Waals surface area contributed by atoms with Gasteiger partial charge in [-0.05, 0) is 142 Å². The Bertz CT molecular complexity index is 938. The average Bonchev–Trinajstić information content (AvgIpc) is 3.44. The number of rotatable bonds is 22. The predicted octanol–water partition coefficient (Wildman–Crippen LogP) is 14.3. The smallest absolute Gasteiger partial charge is 0.305 e. The van der Waals surface area contributed by atoms with Crippen molar-refractivity contribution in [2.45, 2.75) is 208 Å². The molecule has 278 valence electrons. The summed E-state index contributed by atoms with van der Waals surface area (Å²) in [5, 5.41) is 0. The number of unbranched alkanes of at least 4 members (excludes halogenated alkanes) is 11. The topological polar surface area (TPSA) is 26.3 Å². The zero-order chi connectivity index (χ0) is 34.4. The summed E-state index contributed by atoms with van der Waals surface area (Å²) >= 11 is 0. The maximum absolute atomic E-state index is 12.5. The first-order chi connectivity index (χ1) is 23.2. The molecule has 0 heterocycles. The summed E-state index contributed by atoms with van der Waals surface area (Å²) in [5.41, 5.74) is 1.23. The Hall–Kier alpha value is -0.790. The Labute approximate surface area is 300 Å². The Morgan fingerprint density at radius 2 is 1.35 bits per heavy atom. The van der Waals surface area contributed by atoms with Crippen molar-refractivity contribution in [2.75, 3.05) is 6.61 Å². The van der Waals surface area contributed by atoms with Crippen molar-refractivity contribution >= 4 is 5.97 Å². The van der Waals surface area contributed by atoms with Gasteiger partial charge in [-0.2, -0.15) is 0 Å². The highest BCUT2D eigenvalue weighted by molar-refractivity contribution is 5.69. The van der Waals surface area contributed by atoms with Crippen LogP contribution in [-0.4, -0.2) is 12.6 Å². The Kier molecular flexibility index (Phi) is 16.9. The minimum Gasteiger partial charge on any atom is -0.465 e. The lowest BCUT2D eigenvalue weighted by Crippen LogP contribution is -2.53. The van der Waals surface area contributed by atoms with Crippen LogP contribution in [0.15, 0.2) is 12.2 Å². The van der Waals surface area contributed by atoms with Gasteiger partial charge in [0.2, 0.25) is 0 Å². The monoisotopic (exact) mass is 667 g/mol. The van der Waals surface area contributed by atoms with Crippen molar-refractivity contribution in [3.63, 3.8) is 0 Å². The molecule has 0 aliphatic heterocycles. The van der Waals surface area contributed by atoms with E-state index in [0.29, 0.717) is 35.7 Å². The molecule has 2 nitrogen and oxygen atoms in total. The van der Waals surface area contributed by atoms with E-state index in [2.05, 4.69) is 53.7 Å². The molecule has 4 aliphatic carbocycles. The van der Waals surface area contributed by atoms with E-state index in [-0.39, 0.29) is 5.97 Å². The number of hydrogen-bond donors (Lipinski definition) is 0. The van der Waals surface area contributed by atoms with Crippen LogP contribution in [0.5, 0.6) is 0 Å². The third-order valence-corrected chi connectivity index (χ3v) is 15.5. The van der Waals surface area contributed by atoms with Crippen LogP contribution < -0.4 is 0 Å². The largest absolute Gasteiger partial charge is 0.465 e. The zero-order valence-electron chi connectivity index (χ0n) is 33.2. The SMILES string of the molecule is CCCCCCCC/C=C\CCCCCCCC(=O)OCC(C)C(C)CCC(C)[C@H]1CC[C@H]2[C@@H]3CCC4CCCC[C@]4(C)[C@H]3CC[C@]12C. The number of allylic oxidation sites excluding steroid dienone is 2. The fourth-order valence-corrected chi connectivity index (χ4v) is 12.1. The first kappa shape index (κ1) is 40.0. The van der Waals surface area contributed by atoms with Gasteiger partial charge in [-0.3, -0.25) is 4.79 Å². The quantitative estimate of drug-likeness (QED) is 0.0653. The van der Waals surface area contributed by atoms with Crippen LogP contribution in [0.3, 0.4) is 0 Å². The molecule has 0 spiro atoms. The van der Waals surface area contributed by atoms with E-state index >= 15 is 0 Å². The lowest BCUT2D eigenvalue weighted by atomic mass is 9.44. The van der Waals surface area contributed by atoms with Crippen LogP contribution >= 0.6 is 0 Å². The average molecular weight is 667 g/mol. The van der Waals surface area contributed by atoms with Gasteiger partial charge in [0.15, 0.2) is 0 Å². The van der Waals surface area contributed by atoms with Crippen molar-refractivity contribution in [3.05, 3.63) is 12.2 Å². The van der Waals surface area contributed by atoms with Gasteiger partial charge in [0, 0.05) is 6.42 Å². The fourth-order valence-electron chi connectivity index (χ4n) is 12.1. The van der Waals surface area contributed by atoms with Gasteiger partial charge in [-0.25, -0.2) is 0 Å². The molecule has 4 rings (SSSR count). The summed E-state index contributed by atoms with van der Waals surface area (Å²) < 4.78 is 5.79. The highest BCUT2D eigenvalue weighted by Gasteiger charge is 2.60. The number of carbonyl (C=O) groups is 1. The van der Waals surface area contributed by atoms with E-state index in [1.54, 1.807) is 0 Å². The number of carbonyl (C=O) groups excluding carboxylic acids is 1. The van der Waals surface area contributed by atoms with E-state index in [1.807, 2.05) is 0 Å². The Morgan fingerprint density at radius 1 is 0.688 bits per heavy atom. The van der Waals surface area contributed by atoms with Crippen molar-refractivity contribution in [2.24, 2.45) is 58.2 Å². The maximum Gasteiger partial charge on any atom is 0.305 e. The first-order valence-corrected chi connectivity index (χ1v) is 22.0. The molecule has 4 aliphatic rings. The summed E-state index contributed by atoms with van der Waals surface area (Å²) in [7, 11) is 0. The number of ether oxygens (including phenoxy) is 1. The Balaban J connectivity index is 1.04. The zero-order valence-corrected chi connectivity index (χ0v) is 33.2. The van der Waals surface area contributed by atoms with Gasteiger partial charge in [0.25, 0.3) is 0 Å². The van der Waals surface area contributed by atoms with Crippen LogP contribution in [-0.2, 0) is 9.53 Å². The summed E-state index contributed by atoms with van der Waals surface area (Å²) in [4.78, 5) is 12.5. The summed E-state index contributed by atoms with van der Waals surface area (Å²) in [6.45, 7) is 15.7. The molecule has 4 unspecified atom stereocenters. The fraction of sp³-hybridized carbons (Fsp3) is 0.935. The molecule has 2 heteroatoms. The van der Waals surface area contributed by atoms with Gasteiger partial charge in [0.1, 0.15) is 0 Å². The number of fused-ring (bicyclic) bond motifs is 5. The van der Waals surface area contributed by atoms with Crippen molar-refractivity contribution in [1.29, 1.82) is 0 Å². The molecule has 10 atom stereocenters. The highest BCUT2D eigenvalue weighted by Crippen LogP contribution is 2.68. The lowest BCUT2D eigenvalue weighted by molar-refractivity contribution is -0.145. The van der Waals surface area contributed by atoms with Gasteiger partial charge in [-0.15, -0.1) is 0 Å². The van der Waals surface area contributed by atoms with Crippen LogP contribution in [0.1, 0.15) is 208 Å². The van der Waals surface area contributed by atoms with Crippen molar-refractivity contribution < 1.29 is 9.53 Å². The van der Waals surface area contributed by atoms with Gasteiger partial charge in [-0.1, -0.05) is 131 Å². The molecule has 4 fully saturated rings. The van der Waals surface area contributed by atoms with Gasteiger partial charge < -0.3 is 4.74 Å². The van der Waals surface area contributed by atoms with E-state index < -0.39 is 0 Å².